The van der Waals surface area contributed by atoms with E-state index in [4.69, 9.17) is 25.8 Å². The number of nitrogens with zero attached hydrogens (tertiary/aromatic N) is 2. The van der Waals surface area contributed by atoms with Crippen molar-refractivity contribution in [1.82, 2.24) is 15.3 Å². The van der Waals surface area contributed by atoms with Gasteiger partial charge < -0.3 is 19.5 Å². The molecule has 1 aliphatic rings. The maximum atomic E-state index is 12.4. The summed E-state index contributed by atoms with van der Waals surface area (Å²) in [6.07, 6.45) is 5.47. The van der Waals surface area contributed by atoms with Crippen molar-refractivity contribution in [3.05, 3.63) is 40.7 Å². The van der Waals surface area contributed by atoms with Crippen LogP contribution >= 0.6 is 23.4 Å². The van der Waals surface area contributed by atoms with Crippen LogP contribution in [-0.4, -0.2) is 48.6 Å². The first-order chi connectivity index (χ1) is 13.6. The number of carbonyl (C=O) groups excluding carboxylic acids is 1. The van der Waals surface area contributed by atoms with Gasteiger partial charge in [0.05, 0.1) is 24.4 Å². The van der Waals surface area contributed by atoms with Crippen molar-refractivity contribution in [2.24, 2.45) is 0 Å². The molecule has 2 heterocycles. The first-order valence-electron chi connectivity index (χ1n) is 8.86. The predicted molar refractivity (Wildman–Crippen MR) is 107 cm³/mol. The molecule has 1 aromatic heterocycles. The minimum atomic E-state index is -0.361. The molecule has 0 aliphatic carbocycles. The summed E-state index contributed by atoms with van der Waals surface area (Å²) in [6, 6.07) is 5.54. The Balaban J connectivity index is 1.61. The number of thioether (sulfide) groups is 1. The van der Waals surface area contributed by atoms with E-state index < -0.39 is 0 Å². The number of nitrogens with one attached hydrogen (secondary N) is 1. The number of hydrogen-bond acceptors (Lipinski definition) is 7. The van der Waals surface area contributed by atoms with Crippen LogP contribution in [0.1, 0.15) is 28.9 Å². The van der Waals surface area contributed by atoms with E-state index in [-0.39, 0.29) is 22.7 Å². The molecule has 150 valence electrons. The number of carbonyl (C=O) groups is 1. The van der Waals surface area contributed by atoms with Gasteiger partial charge in [0.1, 0.15) is 6.61 Å². The second-order valence-corrected chi connectivity index (χ2v) is 7.35. The van der Waals surface area contributed by atoms with Crippen LogP contribution in [0.2, 0.25) is 5.02 Å². The molecule has 1 aliphatic heterocycles. The van der Waals surface area contributed by atoms with Crippen molar-refractivity contribution in [2.75, 3.05) is 26.6 Å². The fourth-order valence-electron chi connectivity index (χ4n) is 2.77. The number of benzene rings is 1. The van der Waals surface area contributed by atoms with E-state index in [0.717, 1.165) is 25.0 Å². The molecule has 9 heteroatoms. The smallest absolute Gasteiger partial charge is 0.271 e. The van der Waals surface area contributed by atoms with Crippen molar-refractivity contribution in [1.29, 1.82) is 0 Å². The van der Waals surface area contributed by atoms with E-state index >= 15 is 0 Å². The van der Waals surface area contributed by atoms with Crippen molar-refractivity contribution in [3.63, 3.8) is 0 Å². The summed E-state index contributed by atoms with van der Waals surface area (Å²) < 4.78 is 16.8. The number of aromatic nitrogens is 2. The monoisotopic (exact) mass is 423 g/mol. The van der Waals surface area contributed by atoms with Crippen LogP contribution in [0, 0.1) is 0 Å². The van der Waals surface area contributed by atoms with Gasteiger partial charge >= 0.3 is 0 Å². The van der Waals surface area contributed by atoms with Crippen LogP contribution in [0.4, 0.5) is 0 Å². The molecule has 1 aromatic carbocycles. The summed E-state index contributed by atoms with van der Waals surface area (Å²) >= 11 is 7.39. The van der Waals surface area contributed by atoms with Gasteiger partial charge in [0.25, 0.3) is 5.91 Å². The van der Waals surface area contributed by atoms with Gasteiger partial charge in [-0.3, -0.25) is 4.79 Å². The van der Waals surface area contributed by atoms with E-state index in [1.54, 1.807) is 7.11 Å². The van der Waals surface area contributed by atoms with E-state index in [9.17, 15) is 4.79 Å². The molecule has 0 saturated carbocycles. The topological polar surface area (TPSA) is 82.6 Å². The molecule has 2 aromatic rings. The fraction of sp³-hybridized carbons (Fsp3) is 0.421. The lowest BCUT2D eigenvalue weighted by molar-refractivity contribution is 0.0669. The van der Waals surface area contributed by atoms with Crippen molar-refractivity contribution in [2.45, 2.75) is 30.6 Å². The van der Waals surface area contributed by atoms with Crippen LogP contribution in [0.15, 0.2) is 29.6 Å². The third-order valence-electron chi connectivity index (χ3n) is 4.25. The molecule has 0 bridgehead atoms. The van der Waals surface area contributed by atoms with Crippen LogP contribution in [-0.2, 0) is 11.3 Å². The highest BCUT2D eigenvalue weighted by atomic mass is 35.5. The maximum Gasteiger partial charge on any atom is 0.271 e. The normalized spacial score (nSPS) is 16.0. The summed E-state index contributed by atoms with van der Waals surface area (Å²) in [7, 11) is 1.58. The Morgan fingerprint density at radius 2 is 2.29 bits per heavy atom. The Bertz CT molecular complexity index is 831. The summed E-state index contributed by atoms with van der Waals surface area (Å²) in [6.45, 7) is 1.59. The Morgan fingerprint density at radius 3 is 3.00 bits per heavy atom. The fourth-order valence-corrected chi connectivity index (χ4v) is 3.29. The van der Waals surface area contributed by atoms with Gasteiger partial charge in [-0.15, -0.1) is 0 Å². The van der Waals surface area contributed by atoms with Crippen molar-refractivity contribution >= 4 is 29.3 Å². The lowest BCUT2D eigenvalue weighted by Crippen LogP contribution is -2.24. The molecule has 1 saturated heterocycles. The zero-order valence-corrected chi connectivity index (χ0v) is 17.3. The van der Waals surface area contributed by atoms with Crippen LogP contribution in [0.5, 0.6) is 11.5 Å². The highest BCUT2D eigenvalue weighted by Crippen LogP contribution is 2.29. The summed E-state index contributed by atoms with van der Waals surface area (Å²) in [5.41, 5.74) is 1.02. The molecule has 0 spiro atoms. The Morgan fingerprint density at radius 1 is 1.43 bits per heavy atom. The largest absolute Gasteiger partial charge is 0.493 e. The van der Waals surface area contributed by atoms with Gasteiger partial charge in [-0.1, -0.05) is 29.4 Å². The maximum absolute atomic E-state index is 12.4. The van der Waals surface area contributed by atoms with Crippen LogP contribution in [0.25, 0.3) is 0 Å². The minimum Gasteiger partial charge on any atom is -0.493 e. The number of methoxy groups -OCH3 is 1. The van der Waals surface area contributed by atoms with Gasteiger partial charge in [0.15, 0.2) is 22.3 Å². The molecule has 0 unspecified atom stereocenters. The van der Waals surface area contributed by atoms with Gasteiger partial charge in [0, 0.05) is 13.2 Å². The van der Waals surface area contributed by atoms with Gasteiger partial charge in [-0.05, 0) is 36.8 Å². The average molecular weight is 424 g/mol. The number of halogens is 1. The number of amides is 1. The summed E-state index contributed by atoms with van der Waals surface area (Å²) in [5, 5.41) is 3.52. The summed E-state index contributed by atoms with van der Waals surface area (Å²) in [4.78, 5) is 20.6. The molecule has 1 N–H and O–H groups in total. The molecule has 1 atom stereocenters. The highest BCUT2D eigenvalue weighted by molar-refractivity contribution is 7.98. The summed E-state index contributed by atoms with van der Waals surface area (Å²) in [5.74, 6) is 0.895. The lowest BCUT2D eigenvalue weighted by atomic mass is 10.2. The molecule has 28 heavy (non-hydrogen) atoms. The van der Waals surface area contributed by atoms with E-state index in [2.05, 4.69) is 15.3 Å². The zero-order valence-electron chi connectivity index (χ0n) is 15.7. The number of ether oxygens (including phenoxy) is 3. The quantitative estimate of drug-likeness (QED) is 0.515. The second-order valence-electron chi connectivity index (χ2n) is 6.17. The van der Waals surface area contributed by atoms with E-state index in [1.165, 1.54) is 18.0 Å². The van der Waals surface area contributed by atoms with Gasteiger partial charge in [-0.2, -0.15) is 0 Å². The number of rotatable bonds is 8. The van der Waals surface area contributed by atoms with Crippen LogP contribution in [0.3, 0.4) is 0 Å². The first-order valence-corrected chi connectivity index (χ1v) is 10.5. The number of hydrogen-bond donors (Lipinski definition) is 1. The van der Waals surface area contributed by atoms with Crippen molar-refractivity contribution in [3.8, 4) is 11.5 Å². The average Bonchev–Trinajstić information content (AvgIpc) is 3.24. The molecule has 1 amide bonds. The molecule has 1 fully saturated rings. The minimum absolute atomic E-state index is 0.132. The first kappa shape index (κ1) is 20.7. The predicted octanol–water partition coefficient (Wildman–Crippen LogP) is 3.35. The van der Waals surface area contributed by atoms with E-state index in [1.807, 2.05) is 24.5 Å². The van der Waals surface area contributed by atoms with Crippen LogP contribution < -0.4 is 14.8 Å². The molecule has 7 nitrogen and oxygen atoms in total. The Hall–Kier alpha value is -2.03. The molecule has 3 rings (SSSR count). The molecular weight excluding hydrogens is 402 g/mol. The standard InChI is InChI=1S/C19H22ClN3O4S/c1-25-16-8-12(5-6-15(16)27-11-13-4-3-7-26-13)9-21-18(24)17-14(20)10-22-19(23-17)28-2/h5-6,8,10,13H,3-4,7,9,11H2,1-2H3,(H,21,24)/t13-/m0/s1. The SMILES string of the molecule is COc1cc(CNC(=O)c2nc(SC)ncc2Cl)ccc1OC[C@@H]1CCCO1. The van der Waals surface area contributed by atoms with Gasteiger partial charge in [-0.25, -0.2) is 9.97 Å². The Labute approximate surface area is 173 Å². The van der Waals surface area contributed by atoms with Gasteiger partial charge in [0.2, 0.25) is 0 Å². The molecule has 0 radical (unpaired) electrons. The highest BCUT2D eigenvalue weighted by Gasteiger charge is 2.18. The van der Waals surface area contributed by atoms with E-state index in [0.29, 0.717) is 29.8 Å². The molecular formula is C19H22ClN3O4S. The zero-order chi connectivity index (χ0) is 19.9. The second kappa shape index (κ2) is 9.95. The Kier molecular flexibility index (Phi) is 7.36. The third kappa shape index (κ3) is 5.27. The van der Waals surface area contributed by atoms with Crippen molar-refractivity contribution < 1.29 is 19.0 Å². The lowest BCUT2D eigenvalue weighted by Gasteiger charge is -2.15. The third-order valence-corrected chi connectivity index (χ3v) is 5.09.